The van der Waals surface area contributed by atoms with Crippen molar-refractivity contribution in [3.05, 3.63) is 70.8 Å². The summed E-state index contributed by atoms with van der Waals surface area (Å²) in [6.45, 7) is 2.07. The third-order valence-corrected chi connectivity index (χ3v) is 5.97. The molecule has 1 fully saturated rings. The normalized spacial score (nSPS) is 22.4. The number of halogens is 6. The molecule has 3 rings (SSSR count). The Morgan fingerprint density at radius 1 is 0.933 bits per heavy atom. The maximum Gasteiger partial charge on any atom is 0.416 e. The van der Waals surface area contributed by atoms with Crippen LogP contribution >= 0.6 is 0 Å². The lowest BCUT2D eigenvalue weighted by atomic mass is 9.78. The molecule has 2 aromatic carbocycles. The van der Waals surface area contributed by atoms with E-state index in [0.29, 0.717) is 5.92 Å². The summed E-state index contributed by atoms with van der Waals surface area (Å²) in [6.07, 6.45) is -5.90. The molecule has 0 amide bonds. The molecule has 1 aliphatic rings. The number of alkyl halides is 6. The van der Waals surface area contributed by atoms with Crippen molar-refractivity contribution in [2.75, 3.05) is 6.61 Å². The highest BCUT2D eigenvalue weighted by Gasteiger charge is 2.40. The monoisotopic (exact) mass is 430 g/mol. The molecule has 1 saturated carbocycles. The van der Waals surface area contributed by atoms with Crippen LogP contribution in [0.1, 0.15) is 54.9 Å². The molecule has 0 radical (unpaired) electrons. The lowest BCUT2D eigenvalue weighted by Crippen LogP contribution is -2.29. The molecule has 0 spiro atoms. The average molecular weight is 430 g/mol. The second-order valence-electron chi connectivity index (χ2n) is 8.07. The minimum atomic E-state index is -4.86. The fraction of sp³-hybridized carbons (Fsp3) is 0.478. The van der Waals surface area contributed by atoms with Gasteiger partial charge in [-0.2, -0.15) is 26.3 Å². The maximum atomic E-state index is 13.1. The zero-order chi connectivity index (χ0) is 22.0. The van der Waals surface area contributed by atoms with Crippen molar-refractivity contribution in [2.45, 2.75) is 57.0 Å². The molecule has 0 aliphatic heterocycles. The van der Waals surface area contributed by atoms with Crippen molar-refractivity contribution < 1.29 is 31.1 Å². The lowest BCUT2D eigenvalue weighted by Gasteiger charge is -2.30. The Labute approximate surface area is 172 Å². The van der Waals surface area contributed by atoms with E-state index < -0.39 is 23.5 Å². The zero-order valence-electron chi connectivity index (χ0n) is 16.6. The van der Waals surface area contributed by atoms with Gasteiger partial charge in [0.1, 0.15) is 0 Å². The number of rotatable bonds is 6. The Bertz CT molecular complexity index is 811. The molecular weight excluding hydrogens is 406 g/mol. The van der Waals surface area contributed by atoms with Gasteiger partial charge in [-0.25, -0.2) is 0 Å². The van der Waals surface area contributed by atoms with E-state index in [-0.39, 0.29) is 30.3 Å². The first-order valence-electron chi connectivity index (χ1n) is 9.95. The number of hydrogen-bond acceptors (Lipinski definition) is 1. The van der Waals surface area contributed by atoms with E-state index in [1.807, 2.05) is 30.3 Å². The van der Waals surface area contributed by atoms with Crippen LogP contribution in [0.2, 0.25) is 0 Å². The number of hydrogen-bond donors (Lipinski definition) is 0. The van der Waals surface area contributed by atoms with E-state index in [1.54, 1.807) is 0 Å². The van der Waals surface area contributed by atoms with Crippen molar-refractivity contribution in [1.29, 1.82) is 0 Å². The fourth-order valence-electron chi connectivity index (χ4n) is 4.32. The predicted octanol–water partition coefficient (Wildman–Crippen LogP) is 7.39. The molecule has 2 atom stereocenters. The van der Waals surface area contributed by atoms with Gasteiger partial charge in [0.25, 0.3) is 0 Å². The summed E-state index contributed by atoms with van der Waals surface area (Å²) >= 11 is 0. The molecule has 1 nitrogen and oxygen atoms in total. The lowest BCUT2D eigenvalue weighted by molar-refractivity contribution is -0.143. The van der Waals surface area contributed by atoms with Gasteiger partial charge in [0.05, 0.1) is 24.3 Å². The summed E-state index contributed by atoms with van der Waals surface area (Å²) in [7, 11) is 0. The van der Waals surface area contributed by atoms with Crippen LogP contribution in [0.15, 0.2) is 48.5 Å². The van der Waals surface area contributed by atoms with Crippen LogP contribution in [-0.2, 0) is 29.1 Å². The minimum absolute atomic E-state index is 0.134. The second-order valence-corrected chi connectivity index (χ2v) is 8.07. The van der Waals surface area contributed by atoms with E-state index in [4.69, 9.17) is 4.74 Å². The Morgan fingerprint density at radius 2 is 1.53 bits per heavy atom. The van der Waals surface area contributed by atoms with Crippen molar-refractivity contribution in [2.24, 2.45) is 5.92 Å². The maximum absolute atomic E-state index is 13.1. The molecular formula is C23H24F6O. The van der Waals surface area contributed by atoms with Gasteiger partial charge in [-0.15, -0.1) is 0 Å². The summed E-state index contributed by atoms with van der Waals surface area (Å²) in [4.78, 5) is 0. The van der Waals surface area contributed by atoms with Crippen LogP contribution in [0.25, 0.3) is 0 Å². The average Bonchev–Trinajstić information content (AvgIpc) is 3.12. The highest BCUT2D eigenvalue weighted by atomic mass is 19.4. The first kappa shape index (κ1) is 22.7. The van der Waals surface area contributed by atoms with Gasteiger partial charge in [-0.3, -0.25) is 0 Å². The topological polar surface area (TPSA) is 9.23 Å². The van der Waals surface area contributed by atoms with Gasteiger partial charge in [-0.1, -0.05) is 43.7 Å². The van der Waals surface area contributed by atoms with Gasteiger partial charge >= 0.3 is 12.4 Å². The minimum Gasteiger partial charge on any atom is -0.376 e. The number of ether oxygens (including phenoxy) is 1. The summed E-state index contributed by atoms with van der Waals surface area (Å²) in [6, 6.07) is 11.4. The Kier molecular flexibility index (Phi) is 6.51. The molecule has 2 unspecified atom stereocenters. The van der Waals surface area contributed by atoms with Gasteiger partial charge in [0.2, 0.25) is 0 Å². The third-order valence-electron chi connectivity index (χ3n) is 5.97. The van der Waals surface area contributed by atoms with Crippen LogP contribution in [0.3, 0.4) is 0 Å². The van der Waals surface area contributed by atoms with Gasteiger partial charge in [0, 0.05) is 5.41 Å². The molecule has 0 bridgehead atoms. The first-order chi connectivity index (χ1) is 14.0. The van der Waals surface area contributed by atoms with Gasteiger partial charge in [0.15, 0.2) is 0 Å². The molecule has 0 N–H and O–H groups in total. The highest BCUT2D eigenvalue weighted by Crippen LogP contribution is 2.46. The van der Waals surface area contributed by atoms with Crippen LogP contribution in [0, 0.1) is 5.92 Å². The molecule has 0 saturated heterocycles. The molecule has 7 heteroatoms. The number of benzene rings is 2. The molecule has 1 aliphatic carbocycles. The summed E-state index contributed by atoms with van der Waals surface area (Å²) < 4.78 is 84.1. The highest BCUT2D eigenvalue weighted by molar-refractivity contribution is 5.33. The van der Waals surface area contributed by atoms with Crippen molar-refractivity contribution in [3.63, 3.8) is 0 Å². The molecule has 0 heterocycles. The molecule has 0 aromatic heterocycles. The predicted molar refractivity (Wildman–Crippen MR) is 102 cm³/mol. The summed E-state index contributed by atoms with van der Waals surface area (Å²) in [5.74, 6) is 0.527. The third kappa shape index (κ3) is 5.17. The Balaban J connectivity index is 1.80. The van der Waals surface area contributed by atoms with Gasteiger partial charge in [-0.05, 0) is 54.5 Å². The van der Waals surface area contributed by atoms with Crippen LogP contribution in [0.5, 0.6) is 0 Å². The van der Waals surface area contributed by atoms with Crippen molar-refractivity contribution in [3.8, 4) is 0 Å². The Hall–Kier alpha value is -2.02. The van der Waals surface area contributed by atoms with Crippen LogP contribution in [-0.4, -0.2) is 6.61 Å². The van der Waals surface area contributed by atoms with Crippen LogP contribution in [0.4, 0.5) is 26.3 Å². The summed E-state index contributed by atoms with van der Waals surface area (Å²) in [5, 5.41) is 0. The van der Waals surface area contributed by atoms with Crippen molar-refractivity contribution in [1.82, 2.24) is 0 Å². The van der Waals surface area contributed by atoms with E-state index in [0.717, 1.165) is 43.4 Å². The van der Waals surface area contributed by atoms with E-state index in [2.05, 4.69) is 6.92 Å². The van der Waals surface area contributed by atoms with Gasteiger partial charge < -0.3 is 4.74 Å². The first-order valence-corrected chi connectivity index (χ1v) is 9.95. The largest absolute Gasteiger partial charge is 0.416 e. The molecule has 30 heavy (non-hydrogen) atoms. The standard InChI is InChI=1S/C23H24F6O/c1-2-16-8-9-21(13-16,18-6-4-3-5-7-18)15-30-14-17-10-19(22(24,25)26)12-20(11-17)23(27,28)29/h3-7,10-12,16H,2,8-9,13-15H2,1H3. The van der Waals surface area contributed by atoms with Crippen molar-refractivity contribution >= 4 is 0 Å². The summed E-state index contributed by atoms with van der Waals surface area (Å²) in [5.41, 5.74) is -1.94. The smallest absolute Gasteiger partial charge is 0.376 e. The molecule has 2 aromatic rings. The van der Waals surface area contributed by atoms with E-state index >= 15 is 0 Å². The Morgan fingerprint density at radius 3 is 2.03 bits per heavy atom. The molecule has 164 valence electrons. The quantitative estimate of drug-likeness (QED) is 0.434. The fourth-order valence-corrected chi connectivity index (χ4v) is 4.32. The second kappa shape index (κ2) is 8.61. The van der Waals surface area contributed by atoms with Crippen LogP contribution < -0.4 is 0 Å². The van der Waals surface area contributed by atoms with E-state index in [1.165, 1.54) is 0 Å². The SMILES string of the molecule is CCC1CCC(COCc2cc(C(F)(F)F)cc(C(F)(F)F)c2)(c2ccccc2)C1. The zero-order valence-corrected chi connectivity index (χ0v) is 16.6. The van der Waals surface area contributed by atoms with E-state index in [9.17, 15) is 26.3 Å².